The number of nitro groups is 2. The van der Waals surface area contributed by atoms with Gasteiger partial charge in [-0.3, -0.25) is 20.2 Å². The van der Waals surface area contributed by atoms with E-state index in [1.165, 1.54) is 41.2 Å². The molecule has 12 heteroatoms. The van der Waals surface area contributed by atoms with Gasteiger partial charge in [0.2, 0.25) is 0 Å². The number of aromatic nitrogens is 2. The Hall–Kier alpha value is -4.48. The molecule has 0 amide bonds. The van der Waals surface area contributed by atoms with Crippen LogP contribution in [-0.2, 0) is 6.42 Å². The van der Waals surface area contributed by atoms with Crippen LogP contribution >= 0.6 is 0 Å². The fraction of sp³-hybridized carbons (Fsp3) is 0.200. The molecule has 0 bridgehead atoms. The van der Waals surface area contributed by atoms with Gasteiger partial charge in [-0.05, 0) is 42.7 Å². The first-order valence-corrected chi connectivity index (χ1v) is 9.42. The van der Waals surface area contributed by atoms with Crippen LogP contribution in [0.4, 0.5) is 22.7 Å². The first kappa shape index (κ1) is 22.2. The van der Waals surface area contributed by atoms with E-state index >= 15 is 0 Å². The van der Waals surface area contributed by atoms with Crippen molar-refractivity contribution < 1.29 is 19.7 Å². The van der Waals surface area contributed by atoms with E-state index in [1.807, 2.05) is 13.8 Å². The molecule has 12 nitrogen and oxygen atoms in total. The Morgan fingerprint density at radius 1 is 1.09 bits per heavy atom. The predicted octanol–water partition coefficient (Wildman–Crippen LogP) is 5.00. The summed E-state index contributed by atoms with van der Waals surface area (Å²) in [7, 11) is 0. The van der Waals surface area contributed by atoms with Gasteiger partial charge in [-0.1, -0.05) is 13.8 Å². The van der Waals surface area contributed by atoms with Gasteiger partial charge < -0.3 is 5.11 Å². The molecule has 0 saturated heterocycles. The summed E-state index contributed by atoms with van der Waals surface area (Å²) in [6, 6.07) is 9.10. The van der Waals surface area contributed by atoms with Crippen molar-refractivity contribution in [1.29, 1.82) is 0 Å². The Labute approximate surface area is 181 Å². The molecule has 0 unspecified atom stereocenters. The number of azo groups is 1. The molecule has 1 heterocycles. The average molecular weight is 438 g/mol. The van der Waals surface area contributed by atoms with Crippen molar-refractivity contribution >= 4 is 28.7 Å². The summed E-state index contributed by atoms with van der Waals surface area (Å²) in [5.41, 5.74) is 0.623. The van der Waals surface area contributed by atoms with Crippen LogP contribution in [0.1, 0.15) is 29.9 Å². The van der Waals surface area contributed by atoms with E-state index in [9.17, 15) is 25.0 Å². The summed E-state index contributed by atoms with van der Waals surface area (Å²) in [4.78, 5) is 32.0. The third-order valence-corrected chi connectivity index (χ3v) is 4.37. The summed E-state index contributed by atoms with van der Waals surface area (Å²) in [5.74, 6) is -0.854. The molecule has 3 aromatic rings. The Bertz CT molecular complexity index is 1220. The minimum absolute atomic E-state index is 0.0536. The highest BCUT2D eigenvalue weighted by Crippen LogP contribution is 2.31. The topological polar surface area (TPSA) is 166 Å². The molecule has 0 aliphatic heterocycles. The molecular weight excluding hydrogens is 420 g/mol. The zero-order chi connectivity index (χ0) is 23.4. The largest absolute Gasteiger partial charge is 0.478 e. The van der Waals surface area contributed by atoms with E-state index in [2.05, 4.69) is 15.3 Å². The quantitative estimate of drug-likeness (QED) is 0.293. The van der Waals surface area contributed by atoms with Crippen LogP contribution in [0.15, 0.2) is 58.9 Å². The minimum Gasteiger partial charge on any atom is -0.478 e. The SMILES string of the molecule is CC(C)Cc1nn(-c2ccc([N+](=O)[O-])cc2[N+](=O)[O-])cc1N=Nc1ccc(C(=O)O)cc1. The number of hydrogen-bond acceptors (Lipinski definition) is 8. The van der Waals surface area contributed by atoms with Gasteiger partial charge in [0.15, 0.2) is 0 Å². The lowest BCUT2D eigenvalue weighted by Crippen LogP contribution is -2.03. The molecule has 0 fully saturated rings. The van der Waals surface area contributed by atoms with Crippen LogP contribution in [-0.4, -0.2) is 30.7 Å². The second kappa shape index (κ2) is 9.12. The van der Waals surface area contributed by atoms with Gasteiger partial charge in [-0.2, -0.15) is 10.2 Å². The van der Waals surface area contributed by atoms with Crippen molar-refractivity contribution in [3.63, 3.8) is 0 Å². The van der Waals surface area contributed by atoms with Crippen molar-refractivity contribution in [2.24, 2.45) is 16.1 Å². The molecule has 0 atom stereocenters. The molecule has 32 heavy (non-hydrogen) atoms. The number of hydrogen-bond donors (Lipinski definition) is 1. The van der Waals surface area contributed by atoms with E-state index < -0.39 is 27.2 Å². The highest BCUT2D eigenvalue weighted by atomic mass is 16.6. The maximum absolute atomic E-state index is 11.5. The zero-order valence-corrected chi connectivity index (χ0v) is 17.1. The molecule has 1 aromatic heterocycles. The lowest BCUT2D eigenvalue weighted by atomic mass is 10.1. The highest BCUT2D eigenvalue weighted by Gasteiger charge is 2.23. The van der Waals surface area contributed by atoms with Crippen molar-refractivity contribution in [2.75, 3.05) is 0 Å². The van der Waals surface area contributed by atoms with Gasteiger partial charge in [0.1, 0.15) is 11.4 Å². The third-order valence-electron chi connectivity index (χ3n) is 4.37. The number of carbonyl (C=O) groups is 1. The van der Waals surface area contributed by atoms with E-state index in [1.54, 1.807) is 0 Å². The fourth-order valence-electron chi connectivity index (χ4n) is 2.89. The van der Waals surface area contributed by atoms with Crippen LogP contribution < -0.4 is 0 Å². The second-order valence-corrected chi connectivity index (χ2v) is 7.24. The van der Waals surface area contributed by atoms with Crippen LogP contribution in [0.2, 0.25) is 0 Å². The van der Waals surface area contributed by atoms with Gasteiger partial charge in [-0.15, -0.1) is 5.11 Å². The standard InChI is InChI=1S/C20H18N6O6/c1-12(2)9-16-17(22-21-14-5-3-13(4-6-14)20(27)28)11-24(23-16)18-8-7-15(25(29)30)10-19(18)26(31)32/h3-8,10-12H,9H2,1-2H3,(H,27,28). The van der Waals surface area contributed by atoms with Crippen molar-refractivity contribution in [1.82, 2.24) is 9.78 Å². The smallest absolute Gasteiger partial charge is 0.335 e. The Morgan fingerprint density at radius 2 is 1.78 bits per heavy atom. The number of non-ortho nitro benzene ring substituents is 1. The van der Waals surface area contributed by atoms with E-state index in [4.69, 9.17) is 5.11 Å². The van der Waals surface area contributed by atoms with Crippen molar-refractivity contribution in [2.45, 2.75) is 20.3 Å². The monoisotopic (exact) mass is 438 g/mol. The number of carboxylic acid groups (broad SMARTS) is 1. The lowest BCUT2D eigenvalue weighted by Gasteiger charge is -2.03. The van der Waals surface area contributed by atoms with Crippen LogP contribution in [0.25, 0.3) is 5.69 Å². The van der Waals surface area contributed by atoms with Gasteiger partial charge in [0, 0.05) is 6.07 Å². The number of nitrogens with zero attached hydrogens (tertiary/aromatic N) is 6. The van der Waals surface area contributed by atoms with Gasteiger partial charge >= 0.3 is 11.7 Å². The lowest BCUT2D eigenvalue weighted by molar-refractivity contribution is -0.394. The molecule has 0 aliphatic carbocycles. The van der Waals surface area contributed by atoms with Gasteiger partial charge in [0.05, 0.1) is 39.1 Å². The van der Waals surface area contributed by atoms with Crippen LogP contribution in [0.5, 0.6) is 0 Å². The number of rotatable bonds is 8. The Balaban J connectivity index is 2.02. The summed E-state index contributed by atoms with van der Waals surface area (Å²) in [6.45, 7) is 3.94. The number of aromatic carboxylic acids is 1. The maximum Gasteiger partial charge on any atom is 0.335 e. The Kier molecular flexibility index (Phi) is 6.33. The van der Waals surface area contributed by atoms with Crippen molar-refractivity contribution in [3.8, 4) is 5.69 Å². The highest BCUT2D eigenvalue weighted by molar-refractivity contribution is 5.87. The molecule has 164 valence electrons. The molecule has 0 spiro atoms. The fourth-order valence-corrected chi connectivity index (χ4v) is 2.89. The number of nitro benzene ring substituents is 2. The third kappa shape index (κ3) is 4.98. The van der Waals surface area contributed by atoms with Crippen molar-refractivity contribution in [3.05, 3.63) is 80.1 Å². The number of carboxylic acids is 1. The molecule has 0 aliphatic rings. The minimum atomic E-state index is -1.06. The van der Waals surface area contributed by atoms with Gasteiger partial charge in [-0.25, -0.2) is 9.48 Å². The average Bonchev–Trinajstić information content (AvgIpc) is 3.13. The van der Waals surface area contributed by atoms with E-state index in [0.717, 1.165) is 12.1 Å². The van der Waals surface area contributed by atoms with E-state index in [-0.39, 0.29) is 17.2 Å². The summed E-state index contributed by atoms with van der Waals surface area (Å²) in [6.07, 6.45) is 1.97. The molecule has 3 rings (SSSR count). The maximum atomic E-state index is 11.5. The van der Waals surface area contributed by atoms with Crippen LogP contribution in [0.3, 0.4) is 0 Å². The Morgan fingerprint density at radius 3 is 2.34 bits per heavy atom. The molecule has 2 aromatic carbocycles. The molecule has 1 N–H and O–H groups in total. The second-order valence-electron chi connectivity index (χ2n) is 7.24. The molecular formula is C20H18N6O6. The molecule has 0 radical (unpaired) electrons. The summed E-state index contributed by atoms with van der Waals surface area (Å²) < 4.78 is 1.25. The zero-order valence-electron chi connectivity index (χ0n) is 17.1. The molecule has 0 saturated carbocycles. The van der Waals surface area contributed by atoms with Crippen LogP contribution in [0, 0.1) is 26.1 Å². The summed E-state index contributed by atoms with van der Waals surface area (Å²) >= 11 is 0. The number of benzene rings is 2. The van der Waals surface area contributed by atoms with E-state index in [0.29, 0.717) is 23.5 Å². The summed E-state index contributed by atoms with van der Waals surface area (Å²) in [5, 5.41) is 44.1. The normalized spacial score (nSPS) is 11.2. The van der Waals surface area contributed by atoms with Gasteiger partial charge in [0.25, 0.3) is 5.69 Å². The first-order valence-electron chi connectivity index (χ1n) is 9.42. The first-order chi connectivity index (χ1) is 15.2. The predicted molar refractivity (Wildman–Crippen MR) is 113 cm³/mol.